The van der Waals surface area contributed by atoms with Crippen LogP contribution in [0.25, 0.3) is 0 Å². The summed E-state index contributed by atoms with van der Waals surface area (Å²) in [6.45, 7) is 2.57. The minimum Gasteiger partial charge on any atom is -0.493 e. The highest BCUT2D eigenvalue weighted by atomic mass is 32.1. The number of rotatable bonds is 6. The Morgan fingerprint density at radius 2 is 1.91 bits per heavy atom. The van der Waals surface area contributed by atoms with Crippen LogP contribution >= 0.6 is 11.3 Å². The van der Waals surface area contributed by atoms with Gasteiger partial charge in [-0.3, -0.25) is 20.4 Å². The van der Waals surface area contributed by atoms with Crippen molar-refractivity contribution >= 4 is 23.2 Å². The Morgan fingerprint density at radius 3 is 2.57 bits per heavy atom. The third-order valence-electron chi connectivity index (χ3n) is 2.92. The number of hydrogen-bond donors (Lipinski definition) is 2. The summed E-state index contributed by atoms with van der Waals surface area (Å²) < 4.78 is 10.8. The van der Waals surface area contributed by atoms with Gasteiger partial charge in [-0.25, -0.2) is 0 Å². The molecule has 1 heterocycles. The van der Waals surface area contributed by atoms with Crippen LogP contribution in [0.1, 0.15) is 33.4 Å². The molecular formula is C16H18N2O4S. The molecule has 1 aromatic heterocycles. The number of nitrogens with one attached hydrogen (secondary N) is 2. The van der Waals surface area contributed by atoms with Crippen molar-refractivity contribution < 1.29 is 19.1 Å². The van der Waals surface area contributed by atoms with Crippen LogP contribution in [-0.2, 0) is 0 Å². The number of hydrogen-bond acceptors (Lipinski definition) is 5. The summed E-state index contributed by atoms with van der Waals surface area (Å²) in [6, 6.07) is 8.29. The largest absolute Gasteiger partial charge is 0.493 e. The first-order valence-corrected chi connectivity index (χ1v) is 7.98. The van der Waals surface area contributed by atoms with E-state index in [4.69, 9.17) is 9.47 Å². The Labute approximate surface area is 138 Å². The molecule has 0 fully saturated rings. The van der Waals surface area contributed by atoms with Crippen molar-refractivity contribution in [3.8, 4) is 11.5 Å². The van der Waals surface area contributed by atoms with Crippen molar-refractivity contribution in [3.63, 3.8) is 0 Å². The molecule has 7 heteroatoms. The van der Waals surface area contributed by atoms with Crippen LogP contribution in [0.5, 0.6) is 11.5 Å². The lowest BCUT2D eigenvalue weighted by Gasteiger charge is -2.12. The van der Waals surface area contributed by atoms with Crippen molar-refractivity contribution in [1.29, 1.82) is 0 Å². The van der Waals surface area contributed by atoms with Crippen molar-refractivity contribution in [2.24, 2.45) is 0 Å². The molecule has 0 aliphatic rings. The molecule has 0 aliphatic heterocycles. The fourth-order valence-corrected chi connectivity index (χ4v) is 2.41. The second-order valence-corrected chi connectivity index (χ2v) is 5.55. The Hall–Kier alpha value is -2.54. The number of thiophene rings is 1. The van der Waals surface area contributed by atoms with Gasteiger partial charge >= 0.3 is 0 Å². The summed E-state index contributed by atoms with van der Waals surface area (Å²) >= 11 is 1.29. The summed E-state index contributed by atoms with van der Waals surface area (Å²) in [7, 11) is 1.51. The number of benzene rings is 1. The first-order chi connectivity index (χ1) is 11.2. The highest BCUT2D eigenvalue weighted by Crippen LogP contribution is 2.28. The molecule has 0 spiro atoms. The second-order valence-electron chi connectivity index (χ2n) is 4.60. The van der Waals surface area contributed by atoms with E-state index in [9.17, 15) is 9.59 Å². The topological polar surface area (TPSA) is 76.7 Å². The molecular weight excluding hydrogens is 316 g/mol. The zero-order valence-corrected chi connectivity index (χ0v) is 13.7. The molecule has 2 rings (SSSR count). The van der Waals surface area contributed by atoms with Gasteiger partial charge < -0.3 is 9.47 Å². The van der Waals surface area contributed by atoms with E-state index in [2.05, 4.69) is 10.9 Å². The van der Waals surface area contributed by atoms with Gasteiger partial charge in [-0.05, 0) is 36.1 Å². The number of carbonyl (C=O) groups excluding carboxylic acids is 2. The molecule has 2 aromatic rings. The van der Waals surface area contributed by atoms with Gasteiger partial charge in [0.1, 0.15) is 0 Å². The van der Waals surface area contributed by atoms with E-state index in [-0.39, 0.29) is 5.91 Å². The van der Waals surface area contributed by atoms with E-state index < -0.39 is 5.91 Å². The van der Waals surface area contributed by atoms with E-state index in [1.807, 2.05) is 6.92 Å². The number of carbonyl (C=O) groups is 2. The highest BCUT2D eigenvalue weighted by molar-refractivity contribution is 7.12. The first-order valence-electron chi connectivity index (χ1n) is 7.10. The molecule has 0 saturated carbocycles. The van der Waals surface area contributed by atoms with Gasteiger partial charge in [0.2, 0.25) is 0 Å². The van der Waals surface area contributed by atoms with Crippen molar-refractivity contribution in [2.45, 2.75) is 13.3 Å². The van der Waals surface area contributed by atoms with Crippen LogP contribution in [0.4, 0.5) is 0 Å². The van der Waals surface area contributed by atoms with Crippen molar-refractivity contribution in [2.75, 3.05) is 13.7 Å². The first kappa shape index (κ1) is 16.8. The fourth-order valence-electron chi connectivity index (χ4n) is 1.80. The van der Waals surface area contributed by atoms with Gasteiger partial charge in [-0.1, -0.05) is 13.0 Å². The number of amides is 2. The van der Waals surface area contributed by atoms with E-state index in [1.165, 1.54) is 18.4 Å². The lowest BCUT2D eigenvalue weighted by molar-refractivity contribution is 0.0848. The highest BCUT2D eigenvalue weighted by Gasteiger charge is 2.13. The van der Waals surface area contributed by atoms with E-state index in [0.29, 0.717) is 28.5 Å². The molecule has 0 radical (unpaired) electrons. The standard InChI is InChI=1S/C16H18N2O4S/c1-3-8-22-12-7-6-11(10-13(12)21-2)15(19)17-18-16(20)14-5-4-9-23-14/h4-7,9-10H,3,8H2,1-2H3,(H,17,19)(H,18,20). The summed E-state index contributed by atoms with van der Waals surface area (Å²) in [5.74, 6) is 0.252. The quantitative estimate of drug-likeness (QED) is 0.796. The van der Waals surface area contributed by atoms with Gasteiger partial charge in [0.25, 0.3) is 11.8 Å². The fraction of sp³-hybridized carbons (Fsp3) is 0.250. The Bertz CT molecular complexity index is 671. The molecule has 0 aliphatic carbocycles. The number of hydrazine groups is 1. The molecule has 0 unspecified atom stereocenters. The molecule has 122 valence electrons. The number of ether oxygens (including phenoxy) is 2. The lowest BCUT2D eigenvalue weighted by Crippen LogP contribution is -2.41. The zero-order chi connectivity index (χ0) is 16.7. The number of methoxy groups -OCH3 is 1. The van der Waals surface area contributed by atoms with Crippen molar-refractivity contribution in [3.05, 3.63) is 46.2 Å². The average molecular weight is 334 g/mol. The van der Waals surface area contributed by atoms with Gasteiger partial charge in [-0.2, -0.15) is 0 Å². The predicted octanol–water partition coefficient (Wildman–Crippen LogP) is 2.62. The summed E-state index contributed by atoms with van der Waals surface area (Å²) in [4.78, 5) is 24.4. The Morgan fingerprint density at radius 1 is 1.13 bits per heavy atom. The maximum atomic E-state index is 12.1. The molecule has 2 amide bonds. The monoisotopic (exact) mass is 334 g/mol. The van der Waals surface area contributed by atoms with Crippen molar-refractivity contribution in [1.82, 2.24) is 10.9 Å². The third kappa shape index (κ3) is 4.46. The van der Waals surface area contributed by atoms with E-state index >= 15 is 0 Å². The molecule has 0 saturated heterocycles. The minimum atomic E-state index is -0.435. The smallest absolute Gasteiger partial charge is 0.279 e. The molecule has 0 bridgehead atoms. The Balaban J connectivity index is 2.00. The predicted molar refractivity (Wildman–Crippen MR) is 88.0 cm³/mol. The van der Waals surface area contributed by atoms with Crippen LogP contribution in [-0.4, -0.2) is 25.5 Å². The van der Waals surface area contributed by atoms with E-state index in [1.54, 1.807) is 35.7 Å². The SMILES string of the molecule is CCCOc1ccc(C(=O)NNC(=O)c2cccs2)cc1OC. The Kier molecular flexibility index (Phi) is 5.99. The van der Waals surface area contributed by atoms with Gasteiger partial charge in [0.05, 0.1) is 18.6 Å². The van der Waals surface area contributed by atoms with Gasteiger partial charge in [-0.15, -0.1) is 11.3 Å². The minimum absolute atomic E-state index is 0.358. The molecule has 2 N–H and O–H groups in total. The third-order valence-corrected chi connectivity index (χ3v) is 3.79. The summed E-state index contributed by atoms with van der Waals surface area (Å²) in [5.41, 5.74) is 5.10. The van der Waals surface area contributed by atoms with Crippen LogP contribution < -0.4 is 20.3 Å². The molecule has 6 nitrogen and oxygen atoms in total. The van der Waals surface area contributed by atoms with Gasteiger partial charge in [0, 0.05) is 5.56 Å². The summed E-state index contributed by atoms with van der Waals surface area (Å²) in [6.07, 6.45) is 0.875. The second kappa shape index (κ2) is 8.19. The van der Waals surface area contributed by atoms with Crippen LogP contribution in [0.3, 0.4) is 0 Å². The average Bonchev–Trinajstić information content (AvgIpc) is 3.12. The molecule has 23 heavy (non-hydrogen) atoms. The summed E-state index contributed by atoms with van der Waals surface area (Å²) in [5, 5.41) is 1.79. The zero-order valence-electron chi connectivity index (χ0n) is 12.9. The molecule has 1 aromatic carbocycles. The lowest BCUT2D eigenvalue weighted by atomic mass is 10.2. The maximum Gasteiger partial charge on any atom is 0.279 e. The van der Waals surface area contributed by atoms with Crippen LogP contribution in [0.2, 0.25) is 0 Å². The maximum absolute atomic E-state index is 12.1. The molecule has 0 atom stereocenters. The van der Waals surface area contributed by atoms with Gasteiger partial charge in [0.15, 0.2) is 11.5 Å². The van der Waals surface area contributed by atoms with E-state index in [0.717, 1.165) is 6.42 Å². The van der Waals surface area contributed by atoms with Crippen LogP contribution in [0.15, 0.2) is 35.7 Å². The van der Waals surface area contributed by atoms with Crippen LogP contribution in [0, 0.1) is 0 Å². The normalized spacial score (nSPS) is 10.0.